The second-order valence-electron chi connectivity index (χ2n) is 7.88. The van der Waals surface area contributed by atoms with Gasteiger partial charge >= 0.3 is 0 Å². The highest BCUT2D eigenvalue weighted by atomic mass is 16.5. The van der Waals surface area contributed by atoms with Crippen LogP contribution in [0, 0.1) is 13.8 Å². The summed E-state index contributed by atoms with van der Waals surface area (Å²) in [5.41, 5.74) is 5.16. The summed E-state index contributed by atoms with van der Waals surface area (Å²) in [6.07, 6.45) is 0. The first-order valence-corrected chi connectivity index (χ1v) is 11.0. The van der Waals surface area contributed by atoms with E-state index in [0.29, 0.717) is 52.4 Å². The van der Waals surface area contributed by atoms with Crippen molar-refractivity contribution in [3.63, 3.8) is 0 Å². The fraction of sp³-hybridized carbons (Fsp3) is 0.231. The predicted octanol–water partition coefficient (Wildman–Crippen LogP) is 5.24. The Bertz CT molecular complexity index is 1300. The van der Waals surface area contributed by atoms with E-state index in [1.807, 2.05) is 45.0 Å². The molecule has 0 radical (unpaired) electrons. The molecule has 168 valence electrons. The number of nitrogens with one attached hydrogen (secondary N) is 1. The average Bonchev–Trinajstić information content (AvgIpc) is 3.20. The molecule has 0 unspecified atom stereocenters. The standard InChI is InChI=1S/C26H26N4O3/c1-5-30(6-2)26(32)19-11-13-20(14-12-19)27-24(31)21-15-22(18-9-7-16(3)8-10-18)28-25-23(21)17(4)29-33-25/h7-15H,5-6H2,1-4H3,(H,27,31). The van der Waals surface area contributed by atoms with Gasteiger partial charge in [-0.25, -0.2) is 4.98 Å². The smallest absolute Gasteiger partial charge is 0.259 e. The lowest BCUT2D eigenvalue weighted by molar-refractivity contribution is 0.0773. The molecule has 0 aliphatic heterocycles. The van der Waals surface area contributed by atoms with Gasteiger partial charge in [-0.2, -0.15) is 0 Å². The van der Waals surface area contributed by atoms with Crippen molar-refractivity contribution in [2.75, 3.05) is 18.4 Å². The molecule has 0 fully saturated rings. The zero-order valence-corrected chi connectivity index (χ0v) is 19.2. The Kier molecular flexibility index (Phi) is 6.22. The Morgan fingerprint density at radius 2 is 1.64 bits per heavy atom. The Hall–Kier alpha value is -4.00. The average molecular weight is 443 g/mol. The molecule has 0 atom stereocenters. The zero-order chi connectivity index (χ0) is 23.5. The monoisotopic (exact) mass is 442 g/mol. The van der Waals surface area contributed by atoms with Crippen molar-refractivity contribution in [1.82, 2.24) is 15.0 Å². The molecular formula is C26H26N4O3. The van der Waals surface area contributed by atoms with Crippen molar-refractivity contribution in [1.29, 1.82) is 0 Å². The molecule has 0 saturated carbocycles. The van der Waals surface area contributed by atoms with E-state index < -0.39 is 0 Å². The van der Waals surface area contributed by atoms with Crippen LogP contribution in [0.5, 0.6) is 0 Å². The molecule has 0 aliphatic rings. The Labute approximate surface area is 192 Å². The summed E-state index contributed by atoms with van der Waals surface area (Å²) in [4.78, 5) is 32.1. The molecule has 2 aromatic carbocycles. The largest absolute Gasteiger partial charge is 0.339 e. The van der Waals surface area contributed by atoms with E-state index in [1.54, 1.807) is 42.2 Å². The SMILES string of the molecule is CCN(CC)C(=O)c1ccc(NC(=O)c2cc(-c3ccc(C)cc3)nc3onc(C)c23)cc1. The topological polar surface area (TPSA) is 88.3 Å². The number of amides is 2. The van der Waals surface area contributed by atoms with Crippen LogP contribution in [0.1, 0.15) is 45.8 Å². The van der Waals surface area contributed by atoms with Crippen molar-refractivity contribution < 1.29 is 14.1 Å². The number of aromatic nitrogens is 2. The second kappa shape index (κ2) is 9.24. The number of fused-ring (bicyclic) bond motifs is 1. The number of benzene rings is 2. The highest BCUT2D eigenvalue weighted by Gasteiger charge is 2.20. The fourth-order valence-corrected chi connectivity index (χ4v) is 3.73. The summed E-state index contributed by atoms with van der Waals surface area (Å²) >= 11 is 0. The maximum atomic E-state index is 13.3. The number of anilines is 1. The van der Waals surface area contributed by atoms with Gasteiger partial charge in [0, 0.05) is 29.9 Å². The molecule has 0 aliphatic carbocycles. The predicted molar refractivity (Wildman–Crippen MR) is 128 cm³/mol. The van der Waals surface area contributed by atoms with Gasteiger partial charge in [-0.15, -0.1) is 0 Å². The number of aryl methyl sites for hydroxylation is 2. The van der Waals surface area contributed by atoms with Crippen molar-refractivity contribution in [2.24, 2.45) is 0 Å². The van der Waals surface area contributed by atoms with Crippen molar-refractivity contribution in [3.8, 4) is 11.3 Å². The molecular weight excluding hydrogens is 416 g/mol. The van der Waals surface area contributed by atoms with E-state index >= 15 is 0 Å². The minimum Gasteiger partial charge on any atom is -0.339 e. The number of rotatable bonds is 6. The highest BCUT2D eigenvalue weighted by molar-refractivity contribution is 6.13. The third-order valence-electron chi connectivity index (χ3n) is 5.65. The molecule has 2 amide bonds. The van der Waals surface area contributed by atoms with Crippen LogP contribution in [-0.2, 0) is 0 Å². The fourth-order valence-electron chi connectivity index (χ4n) is 3.73. The van der Waals surface area contributed by atoms with E-state index in [9.17, 15) is 9.59 Å². The van der Waals surface area contributed by atoms with Crippen LogP contribution >= 0.6 is 0 Å². The summed E-state index contributed by atoms with van der Waals surface area (Å²) in [6.45, 7) is 8.98. The molecule has 1 N–H and O–H groups in total. The van der Waals surface area contributed by atoms with Crippen molar-refractivity contribution in [2.45, 2.75) is 27.7 Å². The number of hydrogen-bond donors (Lipinski definition) is 1. The summed E-state index contributed by atoms with van der Waals surface area (Å²) in [5, 5.41) is 7.50. The molecule has 4 rings (SSSR count). The maximum Gasteiger partial charge on any atom is 0.259 e. The van der Waals surface area contributed by atoms with Crippen molar-refractivity contribution >= 4 is 28.6 Å². The van der Waals surface area contributed by atoms with E-state index in [2.05, 4.69) is 15.5 Å². The van der Waals surface area contributed by atoms with Gasteiger partial charge in [0.25, 0.3) is 17.5 Å². The number of carbonyl (C=O) groups is 2. The lowest BCUT2D eigenvalue weighted by atomic mass is 10.0. The Morgan fingerprint density at radius 3 is 2.27 bits per heavy atom. The molecule has 2 heterocycles. The number of carbonyl (C=O) groups excluding carboxylic acids is 2. The first-order chi connectivity index (χ1) is 15.9. The lowest BCUT2D eigenvalue weighted by Crippen LogP contribution is -2.30. The van der Waals surface area contributed by atoms with E-state index in [1.165, 1.54) is 0 Å². The van der Waals surface area contributed by atoms with Crippen LogP contribution in [0.25, 0.3) is 22.4 Å². The number of hydrogen-bond acceptors (Lipinski definition) is 5. The van der Waals surface area contributed by atoms with Crippen LogP contribution in [0.15, 0.2) is 59.1 Å². The summed E-state index contributed by atoms with van der Waals surface area (Å²) in [6, 6.07) is 16.6. The Balaban J connectivity index is 1.64. The molecule has 0 spiro atoms. The third-order valence-corrected chi connectivity index (χ3v) is 5.65. The Morgan fingerprint density at radius 1 is 0.970 bits per heavy atom. The summed E-state index contributed by atoms with van der Waals surface area (Å²) < 4.78 is 5.38. The molecule has 7 nitrogen and oxygen atoms in total. The van der Waals surface area contributed by atoms with Gasteiger partial charge in [0.1, 0.15) is 0 Å². The van der Waals surface area contributed by atoms with E-state index in [0.717, 1.165) is 11.1 Å². The van der Waals surface area contributed by atoms with Gasteiger partial charge in [0.2, 0.25) is 0 Å². The van der Waals surface area contributed by atoms with Crippen LogP contribution in [0.2, 0.25) is 0 Å². The van der Waals surface area contributed by atoms with E-state index in [-0.39, 0.29) is 11.8 Å². The summed E-state index contributed by atoms with van der Waals surface area (Å²) in [7, 11) is 0. The lowest BCUT2D eigenvalue weighted by Gasteiger charge is -2.18. The number of pyridine rings is 1. The first-order valence-electron chi connectivity index (χ1n) is 11.0. The first kappa shape index (κ1) is 22.2. The van der Waals surface area contributed by atoms with Crippen LogP contribution in [-0.4, -0.2) is 39.9 Å². The minimum atomic E-state index is -0.301. The number of nitrogens with zero attached hydrogens (tertiary/aromatic N) is 3. The maximum absolute atomic E-state index is 13.3. The van der Waals surface area contributed by atoms with Gasteiger partial charge in [-0.1, -0.05) is 35.0 Å². The van der Waals surface area contributed by atoms with Gasteiger partial charge in [0.15, 0.2) is 0 Å². The quantitative estimate of drug-likeness (QED) is 0.441. The molecule has 4 aromatic rings. The molecule has 0 bridgehead atoms. The van der Waals surface area contributed by atoms with Gasteiger partial charge in [-0.05, 0) is 58.0 Å². The van der Waals surface area contributed by atoms with Gasteiger partial charge in [-0.3, -0.25) is 9.59 Å². The van der Waals surface area contributed by atoms with Crippen LogP contribution < -0.4 is 5.32 Å². The minimum absolute atomic E-state index is 0.0310. The second-order valence-corrected chi connectivity index (χ2v) is 7.88. The molecule has 7 heteroatoms. The normalized spacial score (nSPS) is 10.9. The molecule has 33 heavy (non-hydrogen) atoms. The van der Waals surface area contributed by atoms with Crippen molar-refractivity contribution in [3.05, 3.63) is 77.0 Å². The van der Waals surface area contributed by atoms with Gasteiger partial charge in [0.05, 0.1) is 22.3 Å². The molecule has 2 aromatic heterocycles. The molecule has 0 saturated heterocycles. The highest BCUT2D eigenvalue weighted by Crippen LogP contribution is 2.28. The van der Waals surface area contributed by atoms with Crippen LogP contribution in [0.3, 0.4) is 0 Å². The van der Waals surface area contributed by atoms with Crippen LogP contribution in [0.4, 0.5) is 5.69 Å². The van der Waals surface area contributed by atoms with Gasteiger partial charge < -0.3 is 14.7 Å². The van der Waals surface area contributed by atoms with E-state index in [4.69, 9.17) is 4.52 Å². The third kappa shape index (κ3) is 4.48. The zero-order valence-electron chi connectivity index (χ0n) is 19.2. The summed E-state index contributed by atoms with van der Waals surface area (Å²) in [5.74, 6) is -0.332.